The van der Waals surface area contributed by atoms with Gasteiger partial charge in [-0.15, -0.1) is 0 Å². The molecule has 120 valence electrons. The maximum atomic E-state index is 13.5. The molecule has 0 aromatic heterocycles. The molecule has 2 aromatic rings. The van der Waals surface area contributed by atoms with Crippen LogP contribution >= 0.6 is 15.9 Å². The predicted octanol–water partition coefficient (Wildman–Crippen LogP) is 3.30. The largest absolute Gasteiger partial charge is 0.333 e. The number of hydrogen-bond donors (Lipinski definition) is 1. The van der Waals surface area contributed by atoms with Crippen molar-refractivity contribution >= 4 is 21.8 Å². The van der Waals surface area contributed by atoms with Crippen molar-refractivity contribution in [2.45, 2.75) is 12.5 Å². The van der Waals surface area contributed by atoms with Crippen LogP contribution in [-0.4, -0.2) is 30.4 Å². The third kappa shape index (κ3) is 3.98. The minimum atomic E-state index is -0.270. The molecule has 1 aliphatic heterocycles. The van der Waals surface area contributed by atoms with E-state index in [1.807, 2.05) is 35.2 Å². The molecule has 3 rings (SSSR count). The zero-order valence-electron chi connectivity index (χ0n) is 12.6. The Kier molecular flexibility index (Phi) is 5.08. The molecule has 1 saturated heterocycles. The summed E-state index contributed by atoms with van der Waals surface area (Å²) in [7, 11) is 0. The van der Waals surface area contributed by atoms with Gasteiger partial charge in [-0.2, -0.15) is 0 Å². The first kappa shape index (κ1) is 16.1. The van der Waals surface area contributed by atoms with Gasteiger partial charge < -0.3 is 10.2 Å². The first-order valence-electron chi connectivity index (χ1n) is 7.63. The van der Waals surface area contributed by atoms with E-state index in [9.17, 15) is 9.18 Å². The van der Waals surface area contributed by atoms with Crippen molar-refractivity contribution in [3.63, 3.8) is 0 Å². The molecule has 3 nitrogen and oxygen atoms in total. The Morgan fingerprint density at radius 2 is 2.04 bits per heavy atom. The van der Waals surface area contributed by atoms with E-state index in [0.717, 1.165) is 22.1 Å². The lowest BCUT2D eigenvalue weighted by Crippen LogP contribution is -2.49. The van der Waals surface area contributed by atoms with Gasteiger partial charge in [0.25, 0.3) is 0 Å². The standard InChI is InChI=1S/C18H18BrFN2O/c19-15-6-4-13(5-7-15)10-18(23)22-9-8-21-12-17(22)14-2-1-3-16(20)11-14/h1-7,11,17,21H,8-10,12H2. The summed E-state index contributed by atoms with van der Waals surface area (Å²) >= 11 is 3.40. The number of hydrogen-bond acceptors (Lipinski definition) is 2. The molecule has 0 bridgehead atoms. The summed E-state index contributed by atoms with van der Waals surface area (Å²) in [6, 6.07) is 14.1. The fourth-order valence-electron chi connectivity index (χ4n) is 2.89. The molecule has 0 aliphatic carbocycles. The van der Waals surface area contributed by atoms with Crippen LogP contribution in [0.15, 0.2) is 53.0 Å². The van der Waals surface area contributed by atoms with E-state index in [2.05, 4.69) is 21.2 Å². The quantitative estimate of drug-likeness (QED) is 0.890. The number of amides is 1. The van der Waals surface area contributed by atoms with Crippen molar-refractivity contribution in [2.24, 2.45) is 0 Å². The third-order valence-electron chi connectivity index (χ3n) is 4.07. The van der Waals surface area contributed by atoms with Gasteiger partial charge in [0.05, 0.1) is 12.5 Å². The van der Waals surface area contributed by atoms with Crippen molar-refractivity contribution in [3.8, 4) is 0 Å². The molecular weight excluding hydrogens is 359 g/mol. The minimum absolute atomic E-state index is 0.0723. The summed E-state index contributed by atoms with van der Waals surface area (Å²) in [5.74, 6) is -0.198. The second kappa shape index (κ2) is 7.23. The lowest BCUT2D eigenvalue weighted by molar-refractivity contribution is -0.133. The van der Waals surface area contributed by atoms with Crippen LogP contribution in [0.3, 0.4) is 0 Å². The highest BCUT2D eigenvalue weighted by atomic mass is 79.9. The van der Waals surface area contributed by atoms with Crippen LogP contribution in [0.25, 0.3) is 0 Å². The van der Waals surface area contributed by atoms with E-state index in [0.29, 0.717) is 19.5 Å². The number of nitrogens with one attached hydrogen (secondary N) is 1. The Morgan fingerprint density at radius 3 is 2.78 bits per heavy atom. The van der Waals surface area contributed by atoms with Gasteiger partial charge in [-0.05, 0) is 35.4 Å². The van der Waals surface area contributed by atoms with Crippen LogP contribution in [0.1, 0.15) is 17.2 Å². The average Bonchev–Trinajstić information content (AvgIpc) is 2.57. The number of halogens is 2. The van der Waals surface area contributed by atoms with E-state index in [4.69, 9.17) is 0 Å². The summed E-state index contributed by atoms with van der Waals surface area (Å²) in [6.07, 6.45) is 0.360. The number of piperazine rings is 1. The monoisotopic (exact) mass is 376 g/mol. The third-order valence-corrected chi connectivity index (χ3v) is 4.59. The summed E-state index contributed by atoms with van der Waals surface area (Å²) < 4.78 is 14.5. The van der Waals surface area contributed by atoms with Gasteiger partial charge in [-0.25, -0.2) is 4.39 Å². The van der Waals surface area contributed by atoms with Crippen molar-refractivity contribution in [1.82, 2.24) is 10.2 Å². The number of rotatable bonds is 3. The summed E-state index contributed by atoms with van der Waals surface area (Å²) in [6.45, 7) is 2.05. The number of carbonyl (C=O) groups excluding carboxylic acids is 1. The van der Waals surface area contributed by atoms with Gasteiger partial charge in [0.1, 0.15) is 5.82 Å². The van der Waals surface area contributed by atoms with Crippen LogP contribution < -0.4 is 5.32 Å². The SMILES string of the molecule is O=C(Cc1ccc(Br)cc1)N1CCNCC1c1cccc(F)c1. The van der Waals surface area contributed by atoms with Gasteiger partial charge in [-0.1, -0.05) is 40.2 Å². The highest BCUT2D eigenvalue weighted by Gasteiger charge is 2.27. The Morgan fingerprint density at radius 1 is 1.26 bits per heavy atom. The zero-order chi connectivity index (χ0) is 16.2. The topological polar surface area (TPSA) is 32.3 Å². The summed E-state index contributed by atoms with van der Waals surface area (Å²) in [4.78, 5) is 14.6. The highest BCUT2D eigenvalue weighted by Crippen LogP contribution is 2.24. The summed E-state index contributed by atoms with van der Waals surface area (Å²) in [5.41, 5.74) is 1.82. The van der Waals surface area contributed by atoms with Gasteiger partial charge in [-0.3, -0.25) is 4.79 Å². The maximum absolute atomic E-state index is 13.5. The van der Waals surface area contributed by atoms with E-state index in [1.54, 1.807) is 6.07 Å². The van der Waals surface area contributed by atoms with Crippen LogP contribution in [0, 0.1) is 5.82 Å². The molecule has 23 heavy (non-hydrogen) atoms. The van der Waals surface area contributed by atoms with Gasteiger partial charge in [0.15, 0.2) is 0 Å². The van der Waals surface area contributed by atoms with Gasteiger partial charge in [0, 0.05) is 24.1 Å². The maximum Gasteiger partial charge on any atom is 0.227 e. The Hall–Kier alpha value is -1.72. The predicted molar refractivity (Wildman–Crippen MR) is 91.6 cm³/mol. The van der Waals surface area contributed by atoms with E-state index < -0.39 is 0 Å². The molecule has 0 spiro atoms. The molecule has 1 atom stereocenters. The lowest BCUT2D eigenvalue weighted by atomic mass is 10.0. The smallest absolute Gasteiger partial charge is 0.227 e. The van der Waals surface area contributed by atoms with Crippen molar-refractivity contribution in [2.75, 3.05) is 19.6 Å². The van der Waals surface area contributed by atoms with E-state index >= 15 is 0 Å². The first-order valence-corrected chi connectivity index (χ1v) is 8.43. The molecule has 1 heterocycles. The minimum Gasteiger partial charge on any atom is -0.333 e. The molecule has 1 unspecified atom stereocenters. The van der Waals surface area contributed by atoms with Crippen LogP contribution in [0.4, 0.5) is 4.39 Å². The number of carbonyl (C=O) groups is 1. The fraction of sp³-hybridized carbons (Fsp3) is 0.278. The molecule has 2 aromatic carbocycles. The molecule has 1 fully saturated rings. The molecule has 1 amide bonds. The Bertz CT molecular complexity index is 690. The van der Waals surface area contributed by atoms with Crippen molar-refractivity contribution in [1.29, 1.82) is 0 Å². The first-order chi connectivity index (χ1) is 11.1. The lowest BCUT2D eigenvalue weighted by Gasteiger charge is -2.36. The average molecular weight is 377 g/mol. The zero-order valence-corrected chi connectivity index (χ0v) is 14.2. The molecular formula is C18H18BrFN2O. The molecule has 1 N–H and O–H groups in total. The molecule has 5 heteroatoms. The highest BCUT2D eigenvalue weighted by molar-refractivity contribution is 9.10. The van der Waals surface area contributed by atoms with E-state index in [-0.39, 0.29) is 17.8 Å². The van der Waals surface area contributed by atoms with Gasteiger partial charge >= 0.3 is 0 Å². The van der Waals surface area contributed by atoms with Crippen molar-refractivity contribution in [3.05, 3.63) is 69.9 Å². The fourth-order valence-corrected chi connectivity index (χ4v) is 3.16. The van der Waals surface area contributed by atoms with E-state index in [1.165, 1.54) is 12.1 Å². The Labute approximate surface area is 143 Å². The van der Waals surface area contributed by atoms with Crippen LogP contribution in [-0.2, 0) is 11.2 Å². The second-order valence-corrected chi connectivity index (χ2v) is 6.58. The molecule has 0 radical (unpaired) electrons. The number of benzene rings is 2. The molecule has 0 saturated carbocycles. The summed E-state index contributed by atoms with van der Waals surface area (Å²) in [5, 5.41) is 3.29. The van der Waals surface area contributed by atoms with Crippen LogP contribution in [0.5, 0.6) is 0 Å². The van der Waals surface area contributed by atoms with Crippen LogP contribution in [0.2, 0.25) is 0 Å². The number of nitrogens with zero attached hydrogens (tertiary/aromatic N) is 1. The van der Waals surface area contributed by atoms with Gasteiger partial charge in [0.2, 0.25) is 5.91 Å². The Balaban J connectivity index is 1.77. The molecule has 1 aliphatic rings. The second-order valence-electron chi connectivity index (χ2n) is 5.67. The van der Waals surface area contributed by atoms with Crippen molar-refractivity contribution < 1.29 is 9.18 Å². The normalized spacial score (nSPS) is 18.0.